The zero-order valence-corrected chi connectivity index (χ0v) is 15.3. The van der Waals surface area contributed by atoms with E-state index in [2.05, 4.69) is 9.88 Å². The summed E-state index contributed by atoms with van der Waals surface area (Å²) in [6.07, 6.45) is 9.09. The number of anilines is 1. The Labute approximate surface area is 154 Å². The van der Waals surface area contributed by atoms with Crippen LogP contribution in [0.1, 0.15) is 50.3 Å². The third-order valence-electron chi connectivity index (χ3n) is 6.31. The van der Waals surface area contributed by atoms with Gasteiger partial charge in [-0.3, -0.25) is 4.79 Å². The molecule has 2 aliphatic heterocycles. The molecule has 1 aromatic rings. The molecule has 26 heavy (non-hydrogen) atoms. The molecule has 1 atom stereocenters. The van der Waals surface area contributed by atoms with Crippen molar-refractivity contribution in [1.29, 1.82) is 0 Å². The van der Waals surface area contributed by atoms with Gasteiger partial charge in [-0.1, -0.05) is 0 Å². The van der Waals surface area contributed by atoms with Crippen molar-refractivity contribution in [2.75, 3.05) is 37.7 Å². The van der Waals surface area contributed by atoms with Gasteiger partial charge in [0.15, 0.2) is 0 Å². The fraction of sp³-hybridized carbons (Fsp3) is 0.750. The van der Waals surface area contributed by atoms with E-state index >= 15 is 0 Å². The lowest BCUT2D eigenvalue weighted by atomic mass is 9.95. The van der Waals surface area contributed by atoms with Gasteiger partial charge < -0.3 is 14.5 Å². The lowest BCUT2D eigenvalue weighted by Crippen LogP contribution is -2.46. The molecule has 5 rings (SSSR count). The molecule has 1 aromatic heterocycles. The number of carbonyl (C=O) groups excluding carboxylic acids is 1. The summed E-state index contributed by atoms with van der Waals surface area (Å²) < 4.78 is 5.99. The number of morpholine rings is 1. The van der Waals surface area contributed by atoms with Crippen LogP contribution in [0.25, 0.3) is 0 Å². The minimum absolute atomic E-state index is 0.129. The molecule has 0 radical (unpaired) electrons. The first-order chi connectivity index (χ1) is 12.8. The van der Waals surface area contributed by atoms with Crippen molar-refractivity contribution in [3.63, 3.8) is 0 Å². The Balaban J connectivity index is 1.29. The quantitative estimate of drug-likeness (QED) is 0.811. The smallest absolute Gasteiger partial charge is 0.226 e. The Bertz CT molecular complexity index is 656. The van der Waals surface area contributed by atoms with Crippen LogP contribution in [0.4, 0.5) is 5.95 Å². The Morgan fingerprint density at radius 3 is 2.54 bits per heavy atom. The molecule has 2 saturated carbocycles. The summed E-state index contributed by atoms with van der Waals surface area (Å²) in [5.74, 6) is 2.76. The standard InChI is InChI=1S/C20H28N4O2/c25-19(18(14-3-4-14)15-5-6-15)24-11-12-26-17(13-24)16-7-8-21-20(22-16)23-9-1-2-10-23/h7-8,14-15,17-18H,1-6,9-13H2. The Kier molecular flexibility index (Phi) is 4.31. The highest BCUT2D eigenvalue weighted by Gasteiger charge is 2.47. The lowest BCUT2D eigenvalue weighted by Gasteiger charge is -2.35. The van der Waals surface area contributed by atoms with Crippen LogP contribution < -0.4 is 4.90 Å². The predicted octanol–water partition coefficient (Wildman–Crippen LogP) is 2.41. The summed E-state index contributed by atoms with van der Waals surface area (Å²) in [6.45, 7) is 4.01. The van der Waals surface area contributed by atoms with Crippen LogP contribution >= 0.6 is 0 Å². The van der Waals surface area contributed by atoms with Gasteiger partial charge in [0, 0.05) is 31.7 Å². The molecule has 0 aromatic carbocycles. The number of hydrogen-bond acceptors (Lipinski definition) is 5. The van der Waals surface area contributed by atoms with Gasteiger partial charge in [0.1, 0.15) is 6.10 Å². The van der Waals surface area contributed by atoms with Crippen molar-refractivity contribution in [1.82, 2.24) is 14.9 Å². The van der Waals surface area contributed by atoms with E-state index in [1.54, 1.807) is 0 Å². The van der Waals surface area contributed by atoms with Crippen LogP contribution in [0.5, 0.6) is 0 Å². The van der Waals surface area contributed by atoms with Crippen molar-refractivity contribution in [2.45, 2.75) is 44.6 Å². The fourth-order valence-corrected chi connectivity index (χ4v) is 4.55. The molecule has 0 N–H and O–H groups in total. The first-order valence-electron chi connectivity index (χ1n) is 10.3. The maximum absolute atomic E-state index is 13.1. The number of ether oxygens (including phenoxy) is 1. The van der Waals surface area contributed by atoms with Crippen LogP contribution in [0.15, 0.2) is 12.3 Å². The second kappa shape index (κ2) is 6.80. The molecule has 0 bridgehead atoms. The minimum atomic E-state index is -0.129. The van der Waals surface area contributed by atoms with Gasteiger partial charge in [-0.05, 0) is 56.4 Å². The van der Waals surface area contributed by atoms with E-state index < -0.39 is 0 Å². The van der Waals surface area contributed by atoms with E-state index in [0.717, 1.165) is 31.3 Å². The topological polar surface area (TPSA) is 58.6 Å². The van der Waals surface area contributed by atoms with Gasteiger partial charge >= 0.3 is 0 Å². The number of aromatic nitrogens is 2. The summed E-state index contributed by atoms with van der Waals surface area (Å²) in [5, 5.41) is 0. The molecular weight excluding hydrogens is 328 g/mol. The van der Waals surface area contributed by atoms with Gasteiger partial charge in [0.2, 0.25) is 11.9 Å². The van der Waals surface area contributed by atoms with Crippen molar-refractivity contribution in [3.05, 3.63) is 18.0 Å². The third-order valence-corrected chi connectivity index (χ3v) is 6.31. The molecule has 2 aliphatic carbocycles. The first kappa shape index (κ1) is 16.5. The fourth-order valence-electron chi connectivity index (χ4n) is 4.55. The van der Waals surface area contributed by atoms with Crippen LogP contribution in [0, 0.1) is 17.8 Å². The molecule has 4 fully saturated rings. The number of amides is 1. The van der Waals surface area contributed by atoms with E-state index in [9.17, 15) is 4.79 Å². The van der Waals surface area contributed by atoms with E-state index in [0.29, 0.717) is 30.9 Å². The summed E-state index contributed by atoms with van der Waals surface area (Å²) in [6, 6.07) is 1.94. The van der Waals surface area contributed by atoms with Crippen molar-refractivity contribution in [3.8, 4) is 0 Å². The molecule has 6 heteroatoms. The van der Waals surface area contributed by atoms with Gasteiger partial charge in [0.05, 0.1) is 18.8 Å². The summed E-state index contributed by atoms with van der Waals surface area (Å²) >= 11 is 0. The van der Waals surface area contributed by atoms with Crippen LogP contribution in [-0.4, -0.2) is 53.6 Å². The normalized spacial score (nSPS) is 26.6. The molecule has 1 unspecified atom stereocenters. The summed E-state index contributed by atoms with van der Waals surface area (Å²) in [5.41, 5.74) is 0.911. The number of nitrogens with zero attached hydrogens (tertiary/aromatic N) is 4. The molecule has 140 valence electrons. The number of hydrogen-bond donors (Lipinski definition) is 0. The molecule has 6 nitrogen and oxygen atoms in total. The lowest BCUT2D eigenvalue weighted by molar-refractivity contribution is -0.145. The van der Waals surface area contributed by atoms with E-state index in [1.807, 2.05) is 17.2 Å². The molecule has 1 amide bonds. The highest BCUT2D eigenvalue weighted by atomic mass is 16.5. The Morgan fingerprint density at radius 1 is 1.12 bits per heavy atom. The van der Waals surface area contributed by atoms with Crippen molar-refractivity contribution >= 4 is 11.9 Å². The van der Waals surface area contributed by atoms with Crippen LogP contribution in [0.3, 0.4) is 0 Å². The van der Waals surface area contributed by atoms with Crippen LogP contribution in [0.2, 0.25) is 0 Å². The monoisotopic (exact) mass is 356 g/mol. The zero-order valence-electron chi connectivity index (χ0n) is 15.3. The zero-order chi connectivity index (χ0) is 17.5. The second-order valence-electron chi connectivity index (χ2n) is 8.32. The first-order valence-corrected chi connectivity index (χ1v) is 10.3. The molecule has 4 aliphatic rings. The maximum atomic E-state index is 13.1. The number of rotatable bonds is 5. The largest absolute Gasteiger partial charge is 0.368 e. The second-order valence-corrected chi connectivity index (χ2v) is 8.32. The Morgan fingerprint density at radius 2 is 1.85 bits per heavy atom. The molecule has 0 spiro atoms. The summed E-state index contributed by atoms with van der Waals surface area (Å²) in [7, 11) is 0. The summed E-state index contributed by atoms with van der Waals surface area (Å²) in [4.78, 5) is 26.6. The van der Waals surface area contributed by atoms with Crippen molar-refractivity contribution in [2.24, 2.45) is 17.8 Å². The van der Waals surface area contributed by atoms with Gasteiger partial charge in [0.25, 0.3) is 0 Å². The predicted molar refractivity (Wildman–Crippen MR) is 97.7 cm³/mol. The number of carbonyl (C=O) groups is 1. The van der Waals surface area contributed by atoms with Gasteiger partial charge in [-0.2, -0.15) is 0 Å². The molecule has 3 heterocycles. The minimum Gasteiger partial charge on any atom is -0.368 e. The average molecular weight is 356 g/mol. The molecule has 2 saturated heterocycles. The maximum Gasteiger partial charge on any atom is 0.226 e. The van der Waals surface area contributed by atoms with E-state index in [-0.39, 0.29) is 12.0 Å². The van der Waals surface area contributed by atoms with Crippen LogP contribution in [-0.2, 0) is 9.53 Å². The van der Waals surface area contributed by atoms with E-state index in [4.69, 9.17) is 9.72 Å². The average Bonchev–Trinajstić information content (AvgIpc) is 3.63. The van der Waals surface area contributed by atoms with Gasteiger partial charge in [-0.15, -0.1) is 0 Å². The van der Waals surface area contributed by atoms with Gasteiger partial charge in [-0.25, -0.2) is 9.97 Å². The SMILES string of the molecule is O=C(C(C1CC1)C1CC1)N1CCOC(c2ccnc(N3CCCC3)n2)C1. The molecular formula is C20H28N4O2. The highest BCUT2D eigenvalue weighted by Crippen LogP contribution is 2.50. The van der Waals surface area contributed by atoms with Crippen molar-refractivity contribution < 1.29 is 9.53 Å². The van der Waals surface area contributed by atoms with E-state index in [1.165, 1.54) is 38.5 Å². The third kappa shape index (κ3) is 3.31. The highest BCUT2D eigenvalue weighted by molar-refractivity contribution is 5.80. The Hall–Kier alpha value is -1.69.